The lowest BCUT2D eigenvalue weighted by Gasteiger charge is -2.47. The maximum Gasteiger partial charge on any atom is 0.138 e. The molecule has 0 aliphatic heterocycles. The number of anilines is 1. The van der Waals surface area contributed by atoms with Crippen molar-refractivity contribution >= 4 is 40.6 Å². The van der Waals surface area contributed by atoms with Gasteiger partial charge in [0.05, 0.1) is 0 Å². The van der Waals surface area contributed by atoms with Crippen molar-refractivity contribution in [1.29, 1.82) is 0 Å². The number of benzene rings is 1. The SMILES string of the molecule is C[Si](C)(C)Sc1ccccc1N([Si](C)(C)C)[Si](C)(C)C. The molecule has 0 aliphatic carbocycles. The highest BCUT2D eigenvalue weighted by atomic mass is 32.4. The molecule has 0 saturated heterocycles. The molecule has 5 heteroatoms. The lowest BCUT2D eigenvalue weighted by atomic mass is 10.3. The molecule has 114 valence electrons. The van der Waals surface area contributed by atoms with Crippen molar-refractivity contribution in [3.63, 3.8) is 0 Å². The van der Waals surface area contributed by atoms with Gasteiger partial charge < -0.3 is 4.23 Å². The zero-order valence-corrected chi connectivity index (χ0v) is 18.5. The Balaban J connectivity index is 3.35. The molecule has 0 fully saturated rings. The molecule has 0 aliphatic rings. The predicted molar refractivity (Wildman–Crippen MR) is 105 cm³/mol. The van der Waals surface area contributed by atoms with E-state index in [1.807, 2.05) is 0 Å². The van der Waals surface area contributed by atoms with Crippen LogP contribution in [0.2, 0.25) is 58.9 Å². The van der Waals surface area contributed by atoms with Crippen LogP contribution >= 0.6 is 11.2 Å². The first-order chi connectivity index (χ1) is 8.82. The Morgan fingerprint density at radius 3 is 1.60 bits per heavy atom. The van der Waals surface area contributed by atoms with Crippen LogP contribution in [0.15, 0.2) is 29.2 Å². The minimum Gasteiger partial charge on any atom is -0.424 e. The minimum atomic E-state index is -1.37. The van der Waals surface area contributed by atoms with Crippen LogP contribution in [0.5, 0.6) is 0 Å². The quantitative estimate of drug-likeness (QED) is 0.596. The van der Waals surface area contributed by atoms with Crippen molar-refractivity contribution in [3.8, 4) is 0 Å². The molecular weight excluding hydrogens is 310 g/mol. The van der Waals surface area contributed by atoms with Gasteiger partial charge in [0.25, 0.3) is 0 Å². The van der Waals surface area contributed by atoms with Crippen LogP contribution < -0.4 is 4.23 Å². The van der Waals surface area contributed by atoms with Gasteiger partial charge in [-0.3, -0.25) is 0 Å². The third-order valence-electron chi connectivity index (χ3n) is 2.86. The average Bonchev–Trinajstić information content (AvgIpc) is 2.14. The number of rotatable bonds is 5. The molecule has 0 spiro atoms. The van der Waals surface area contributed by atoms with E-state index in [4.69, 9.17) is 0 Å². The molecule has 0 radical (unpaired) electrons. The molecule has 1 aromatic rings. The van der Waals surface area contributed by atoms with Crippen molar-refractivity contribution in [2.75, 3.05) is 4.23 Å². The first kappa shape index (κ1) is 18.1. The van der Waals surface area contributed by atoms with Gasteiger partial charge >= 0.3 is 0 Å². The Morgan fingerprint density at radius 2 is 1.20 bits per heavy atom. The second-order valence-electron chi connectivity index (χ2n) is 8.36. The molecule has 0 heterocycles. The van der Waals surface area contributed by atoms with Crippen LogP contribution in [0, 0.1) is 0 Å². The Morgan fingerprint density at radius 1 is 0.750 bits per heavy atom. The van der Waals surface area contributed by atoms with Gasteiger partial charge in [0.2, 0.25) is 0 Å². The standard InChI is InChI=1S/C15H31NSSi3/c1-18(2,3)16(19(4,5)6)14-12-10-11-13-15(14)17-20(7,8)9/h10-13H,1-9H3. The van der Waals surface area contributed by atoms with Crippen LogP contribution in [0.1, 0.15) is 0 Å². The average molecular weight is 342 g/mol. The summed E-state index contributed by atoms with van der Waals surface area (Å²) in [6.07, 6.45) is 0. The summed E-state index contributed by atoms with van der Waals surface area (Å²) < 4.78 is 2.84. The van der Waals surface area contributed by atoms with E-state index in [1.165, 1.54) is 10.6 Å². The summed E-state index contributed by atoms with van der Waals surface area (Å²) in [5.41, 5.74) is 1.50. The largest absolute Gasteiger partial charge is 0.424 e. The second kappa shape index (κ2) is 6.02. The van der Waals surface area contributed by atoms with Crippen molar-refractivity contribution in [2.24, 2.45) is 0 Å². The molecular formula is C15H31NSSi3. The molecule has 0 atom stereocenters. The van der Waals surface area contributed by atoms with Crippen molar-refractivity contribution in [1.82, 2.24) is 0 Å². The van der Waals surface area contributed by atoms with Gasteiger partial charge in [-0.1, -0.05) is 71.1 Å². The van der Waals surface area contributed by atoms with E-state index in [0.717, 1.165) is 0 Å². The van der Waals surface area contributed by atoms with Gasteiger partial charge in [-0.05, 0) is 12.1 Å². The van der Waals surface area contributed by atoms with Gasteiger partial charge in [-0.15, -0.1) is 11.2 Å². The third-order valence-corrected chi connectivity index (χ3v) is 13.7. The number of nitrogens with zero attached hydrogens (tertiary/aromatic N) is 1. The highest BCUT2D eigenvalue weighted by molar-refractivity contribution is 8.28. The molecule has 1 rings (SSSR count). The maximum absolute atomic E-state index is 2.84. The van der Waals surface area contributed by atoms with E-state index in [9.17, 15) is 0 Å². The number of para-hydroxylation sites is 1. The molecule has 0 aromatic heterocycles. The molecule has 20 heavy (non-hydrogen) atoms. The van der Waals surface area contributed by atoms with Crippen molar-refractivity contribution < 1.29 is 0 Å². The molecule has 0 amide bonds. The second-order valence-corrected chi connectivity index (χ2v) is 27.5. The van der Waals surface area contributed by atoms with Crippen LogP contribution in [-0.2, 0) is 0 Å². The zero-order valence-electron chi connectivity index (χ0n) is 14.7. The van der Waals surface area contributed by atoms with Gasteiger partial charge in [0.15, 0.2) is 0 Å². The lowest BCUT2D eigenvalue weighted by Crippen LogP contribution is -2.59. The van der Waals surface area contributed by atoms with E-state index in [2.05, 4.69) is 98.6 Å². The Hall–Kier alpha value is 0.0206. The summed E-state index contributed by atoms with van der Waals surface area (Å²) in [4.78, 5) is 1.50. The first-order valence-electron chi connectivity index (χ1n) is 7.41. The van der Waals surface area contributed by atoms with Gasteiger partial charge in [-0.2, -0.15) is 0 Å². The predicted octanol–water partition coefficient (Wildman–Crippen LogP) is 6.09. The van der Waals surface area contributed by atoms with E-state index in [0.29, 0.717) is 0 Å². The summed E-state index contributed by atoms with van der Waals surface area (Å²) in [5.74, 6) is 0. The molecule has 0 bridgehead atoms. The van der Waals surface area contributed by atoms with E-state index in [-0.39, 0.29) is 0 Å². The summed E-state index contributed by atoms with van der Waals surface area (Å²) in [6.45, 7) is 22.1. The number of hydrogen-bond acceptors (Lipinski definition) is 2. The first-order valence-corrected chi connectivity index (χ1v) is 19.3. The molecule has 0 unspecified atom stereocenters. The number of hydrogen-bond donors (Lipinski definition) is 0. The van der Waals surface area contributed by atoms with Gasteiger partial charge in [-0.25, -0.2) is 0 Å². The third kappa shape index (κ3) is 5.09. The monoisotopic (exact) mass is 341 g/mol. The fourth-order valence-electron chi connectivity index (χ4n) is 2.79. The Bertz CT molecular complexity index is 441. The van der Waals surface area contributed by atoms with Crippen molar-refractivity contribution in [2.45, 2.75) is 63.8 Å². The molecule has 0 N–H and O–H groups in total. The van der Waals surface area contributed by atoms with Gasteiger partial charge in [0, 0.05) is 10.6 Å². The normalized spacial score (nSPS) is 13.4. The van der Waals surface area contributed by atoms with Crippen LogP contribution in [0.4, 0.5) is 5.69 Å². The fourth-order valence-corrected chi connectivity index (χ4v) is 16.4. The summed E-state index contributed by atoms with van der Waals surface area (Å²) >= 11 is 2.13. The smallest absolute Gasteiger partial charge is 0.138 e. The van der Waals surface area contributed by atoms with E-state index >= 15 is 0 Å². The summed E-state index contributed by atoms with van der Waals surface area (Å²) in [7, 11) is -3.92. The lowest BCUT2D eigenvalue weighted by molar-refractivity contribution is 1.29. The fraction of sp³-hybridized carbons (Fsp3) is 0.600. The van der Waals surface area contributed by atoms with Crippen molar-refractivity contribution in [3.05, 3.63) is 24.3 Å². The minimum absolute atomic E-state index is 1.17. The topological polar surface area (TPSA) is 3.24 Å². The van der Waals surface area contributed by atoms with E-state index < -0.39 is 23.7 Å². The highest BCUT2D eigenvalue weighted by Gasteiger charge is 2.36. The van der Waals surface area contributed by atoms with E-state index in [1.54, 1.807) is 0 Å². The van der Waals surface area contributed by atoms with Crippen LogP contribution in [0.25, 0.3) is 0 Å². The molecule has 1 nitrogen and oxygen atoms in total. The Labute approximate surface area is 133 Å². The van der Waals surface area contributed by atoms with Crippen LogP contribution in [0.3, 0.4) is 0 Å². The molecule has 1 aromatic carbocycles. The maximum atomic E-state index is 2.84. The zero-order chi connectivity index (χ0) is 15.8. The van der Waals surface area contributed by atoms with Crippen LogP contribution in [-0.4, -0.2) is 23.7 Å². The molecule has 0 saturated carbocycles. The Kier molecular flexibility index (Phi) is 5.44. The van der Waals surface area contributed by atoms with Gasteiger partial charge in [0.1, 0.15) is 23.7 Å². The summed E-state index contributed by atoms with van der Waals surface area (Å²) in [5, 5.41) is 0. The summed E-state index contributed by atoms with van der Waals surface area (Å²) in [6, 6.07) is 9.07. The highest BCUT2D eigenvalue weighted by Crippen LogP contribution is 2.39.